The van der Waals surface area contributed by atoms with Crippen LogP contribution in [0.4, 0.5) is 0 Å². The minimum absolute atomic E-state index is 0.128. The molecule has 1 aromatic heterocycles. The largest absolute Gasteiger partial charge is 0.504 e. The first kappa shape index (κ1) is 21.6. The van der Waals surface area contributed by atoms with Gasteiger partial charge in [-0.05, 0) is 23.3 Å². The summed E-state index contributed by atoms with van der Waals surface area (Å²) in [5.41, 5.74) is 4.65. The Morgan fingerprint density at radius 1 is 1.25 bits per heavy atom. The highest BCUT2D eigenvalue weighted by Gasteiger charge is 2.26. The van der Waals surface area contributed by atoms with Gasteiger partial charge in [0.25, 0.3) is 5.91 Å². The lowest BCUT2D eigenvalue weighted by Gasteiger charge is -2.26. The van der Waals surface area contributed by atoms with E-state index in [1.165, 1.54) is 7.11 Å². The van der Waals surface area contributed by atoms with Gasteiger partial charge in [0, 0.05) is 50.9 Å². The lowest BCUT2D eigenvalue weighted by atomic mass is 10.0. The molecule has 1 amide bonds. The maximum atomic E-state index is 12.8. The maximum Gasteiger partial charge on any atom is 0.272 e. The van der Waals surface area contributed by atoms with Crippen LogP contribution in [0.3, 0.4) is 0 Å². The van der Waals surface area contributed by atoms with Crippen molar-refractivity contribution in [2.24, 2.45) is 7.05 Å². The van der Waals surface area contributed by atoms with Crippen LogP contribution in [-0.4, -0.2) is 45.9 Å². The molecule has 2 aromatic carbocycles. The molecule has 3 aromatic rings. The summed E-state index contributed by atoms with van der Waals surface area (Å²) in [4.78, 5) is 15.1. The molecule has 32 heavy (non-hydrogen) atoms. The fourth-order valence-electron chi connectivity index (χ4n) is 3.98. The second kappa shape index (κ2) is 9.70. The van der Waals surface area contributed by atoms with Gasteiger partial charge < -0.3 is 15.2 Å². The molecule has 0 unspecified atom stereocenters. The van der Waals surface area contributed by atoms with Crippen molar-refractivity contribution in [3.8, 4) is 11.5 Å². The van der Waals surface area contributed by atoms with Crippen LogP contribution in [0.25, 0.3) is 6.08 Å². The monoisotopic (exact) mass is 432 g/mol. The SMILES string of the molecule is COc1cc(/C=C/CN2CCc3c(c(C(=O)NCc4ccccc4)nn3C)C2)ccc1O. The number of aryl methyl sites for hydroxylation is 1. The number of aromatic nitrogens is 2. The summed E-state index contributed by atoms with van der Waals surface area (Å²) in [7, 11) is 3.44. The fourth-order valence-corrected chi connectivity index (χ4v) is 3.98. The number of benzene rings is 2. The van der Waals surface area contributed by atoms with Crippen molar-refractivity contribution >= 4 is 12.0 Å². The number of carbonyl (C=O) groups is 1. The second-order valence-corrected chi connectivity index (χ2v) is 7.88. The van der Waals surface area contributed by atoms with Crippen molar-refractivity contribution in [3.05, 3.63) is 82.7 Å². The molecule has 1 aliphatic rings. The van der Waals surface area contributed by atoms with Gasteiger partial charge in [0.2, 0.25) is 0 Å². The molecule has 0 spiro atoms. The van der Waals surface area contributed by atoms with Gasteiger partial charge in [-0.2, -0.15) is 5.10 Å². The third-order valence-electron chi connectivity index (χ3n) is 5.71. The van der Waals surface area contributed by atoms with Crippen LogP contribution in [0.15, 0.2) is 54.6 Å². The van der Waals surface area contributed by atoms with E-state index < -0.39 is 0 Å². The number of amides is 1. The molecule has 4 rings (SSSR count). The topological polar surface area (TPSA) is 79.6 Å². The van der Waals surface area contributed by atoms with Crippen molar-refractivity contribution < 1.29 is 14.6 Å². The lowest BCUT2D eigenvalue weighted by Crippen LogP contribution is -2.32. The molecule has 0 saturated carbocycles. The quantitative estimate of drug-likeness (QED) is 0.600. The van der Waals surface area contributed by atoms with Gasteiger partial charge >= 0.3 is 0 Å². The van der Waals surface area contributed by atoms with E-state index in [1.807, 2.05) is 54.2 Å². The number of aromatic hydroxyl groups is 1. The first-order valence-electron chi connectivity index (χ1n) is 10.7. The Bertz CT molecular complexity index is 1120. The average Bonchev–Trinajstić information content (AvgIpc) is 3.15. The van der Waals surface area contributed by atoms with Crippen LogP contribution in [0.1, 0.15) is 32.9 Å². The number of nitrogens with zero attached hydrogens (tertiary/aromatic N) is 3. The highest BCUT2D eigenvalue weighted by Crippen LogP contribution is 2.27. The van der Waals surface area contributed by atoms with E-state index in [1.54, 1.807) is 12.1 Å². The minimum atomic E-state index is -0.140. The van der Waals surface area contributed by atoms with E-state index in [4.69, 9.17) is 4.74 Å². The van der Waals surface area contributed by atoms with Crippen LogP contribution >= 0.6 is 0 Å². The van der Waals surface area contributed by atoms with Crippen molar-refractivity contribution in [3.63, 3.8) is 0 Å². The molecule has 166 valence electrons. The average molecular weight is 433 g/mol. The summed E-state index contributed by atoms with van der Waals surface area (Å²) in [6, 6.07) is 15.1. The van der Waals surface area contributed by atoms with Crippen molar-refractivity contribution in [2.45, 2.75) is 19.5 Å². The van der Waals surface area contributed by atoms with Gasteiger partial charge in [-0.1, -0.05) is 48.6 Å². The molecular formula is C25H28N4O3. The fraction of sp³-hybridized carbons (Fsp3) is 0.280. The zero-order valence-corrected chi connectivity index (χ0v) is 18.4. The first-order chi connectivity index (χ1) is 15.5. The van der Waals surface area contributed by atoms with Crippen molar-refractivity contribution in [2.75, 3.05) is 20.2 Å². The summed E-state index contributed by atoms with van der Waals surface area (Å²) in [5, 5.41) is 17.2. The summed E-state index contributed by atoms with van der Waals surface area (Å²) in [6.45, 7) is 2.82. The molecule has 2 heterocycles. The zero-order valence-electron chi connectivity index (χ0n) is 18.4. The van der Waals surface area contributed by atoms with E-state index in [0.29, 0.717) is 24.5 Å². The standard InChI is InChI=1S/C25H28N4O3/c1-28-21-12-14-29(13-6-9-18-10-11-22(30)23(15-18)32-2)17-20(21)24(27-28)25(31)26-16-19-7-4-3-5-8-19/h3-11,15,30H,12-14,16-17H2,1-2H3,(H,26,31)/b9-6+. The number of nitrogens with one attached hydrogen (secondary N) is 1. The van der Waals surface area contributed by atoms with E-state index in [-0.39, 0.29) is 11.7 Å². The van der Waals surface area contributed by atoms with Crippen LogP contribution in [0.2, 0.25) is 0 Å². The number of methoxy groups -OCH3 is 1. The van der Waals surface area contributed by atoms with Crippen LogP contribution in [0, 0.1) is 0 Å². The number of rotatable bonds is 7. The first-order valence-corrected chi connectivity index (χ1v) is 10.7. The second-order valence-electron chi connectivity index (χ2n) is 7.88. The number of hydrogen-bond acceptors (Lipinski definition) is 5. The van der Waals surface area contributed by atoms with Crippen molar-refractivity contribution in [1.82, 2.24) is 20.0 Å². The molecule has 1 aliphatic heterocycles. The number of phenols is 1. The lowest BCUT2D eigenvalue weighted by molar-refractivity contribution is 0.0943. The number of fused-ring (bicyclic) bond motifs is 1. The van der Waals surface area contributed by atoms with Gasteiger partial charge in [0.05, 0.1) is 7.11 Å². The van der Waals surface area contributed by atoms with Gasteiger partial charge in [0.1, 0.15) is 0 Å². The Morgan fingerprint density at radius 3 is 2.84 bits per heavy atom. The Morgan fingerprint density at radius 2 is 2.06 bits per heavy atom. The molecule has 0 radical (unpaired) electrons. The Hall–Kier alpha value is -3.58. The number of phenolic OH excluding ortho intramolecular Hbond substituents is 1. The highest BCUT2D eigenvalue weighted by atomic mass is 16.5. The molecule has 0 saturated heterocycles. The summed E-state index contributed by atoms with van der Waals surface area (Å²) in [5.74, 6) is 0.443. The summed E-state index contributed by atoms with van der Waals surface area (Å²) < 4.78 is 7.00. The normalized spacial score (nSPS) is 13.8. The maximum absolute atomic E-state index is 12.8. The molecule has 7 nitrogen and oxygen atoms in total. The summed E-state index contributed by atoms with van der Waals surface area (Å²) in [6.07, 6.45) is 4.95. The molecule has 0 fully saturated rings. The number of carbonyl (C=O) groups excluding carboxylic acids is 1. The third-order valence-corrected chi connectivity index (χ3v) is 5.71. The third kappa shape index (κ3) is 4.84. The van der Waals surface area contributed by atoms with Crippen molar-refractivity contribution in [1.29, 1.82) is 0 Å². The molecule has 0 aliphatic carbocycles. The molecular weight excluding hydrogens is 404 g/mol. The van der Waals surface area contributed by atoms with E-state index in [2.05, 4.69) is 21.4 Å². The molecule has 0 atom stereocenters. The Labute approximate surface area is 187 Å². The molecule has 0 bridgehead atoms. The Kier molecular flexibility index (Phi) is 6.56. The van der Waals surface area contributed by atoms with Crippen LogP contribution < -0.4 is 10.1 Å². The van der Waals surface area contributed by atoms with Gasteiger partial charge in [-0.3, -0.25) is 14.4 Å². The molecule has 7 heteroatoms. The van der Waals surface area contributed by atoms with Gasteiger partial charge in [-0.15, -0.1) is 0 Å². The number of ether oxygens (including phenoxy) is 1. The highest BCUT2D eigenvalue weighted by molar-refractivity contribution is 5.94. The zero-order chi connectivity index (χ0) is 22.5. The Balaban J connectivity index is 1.41. The number of hydrogen-bond donors (Lipinski definition) is 2. The predicted octanol–water partition coefficient (Wildman–Crippen LogP) is 3.14. The van der Waals surface area contributed by atoms with E-state index in [0.717, 1.165) is 41.9 Å². The molecule has 2 N–H and O–H groups in total. The van der Waals surface area contributed by atoms with E-state index >= 15 is 0 Å². The van der Waals surface area contributed by atoms with Crippen LogP contribution in [0.5, 0.6) is 11.5 Å². The van der Waals surface area contributed by atoms with E-state index in [9.17, 15) is 9.90 Å². The van der Waals surface area contributed by atoms with Gasteiger partial charge in [0.15, 0.2) is 17.2 Å². The predicted molar refractivity (Wildman–Crippen MR) is 123 cm³/mol. The smallest absolute Gasteiger partial charge is 0.272 e. The minimum Gasteiger partial charge on any atom is -0.504 e. The van der Waals surface area contributed by atoms with Crippen LogP contribution in [-0.2, 0) is 26.6 Å². The summed E-state index contributed by atoms with van der Waals surface area (Å²) >= 11 is 0. The van der Waals surface area contributed by atoms with Gasteiger partial charge in [-0.25, -0.2) is 0 Å².